The van der Waals surface area contributed by atoms with Crippen LogP contribution in [0.4, 0.5) is 13.2 Å². The highest BCUT2D eigenvalue weighted by atomic mass is 19.4. The molecule has 3 rings (SSSR count). The van der Waals surface area contributed by atoms with Gasteiger partial charge in [-0.05, 0) is 43.1 Å². The average Bonchev–Trinajstić information content (AvgIpc) is 2.94. The van der Waals surface area contributed by atoms with Crippen molar-refractivity contribution in [2.24, 2.45) is 17.8 Å². The molecule has 2 aliphatic rings. The van der Waals surface area contributed by atoms with Gasteiger partial charge in [-0.15, -0.1) is 13.2 Å². The number of fused-ring (bicyclic) bond motifs is 1. The molecule has 0 radical (unpaired) electrons. The molecule has 2 nitrogen and oxygen atoms in total. The third-order valence-electron chi connectivity index (χ3n) is 4.19. The summed E-state index contributed by atoms with van der Waals surface area (Å²) in [5.41, 5.74) is 0.242. The van der Waals surface area contributed by atoms with Crippen LogP contribution < -0.4 is 4.74 Å². The third kappa shape index (κ3) is 2.71. The number of halogens is 3. The second-order valence-electron chi connectivity index (χ2n) is 5.52. The molecule has 1 N–H and O–H groups in total. The monoisotopic (exact) mass is 272 g/mol. The van der Waals surface area contributed by atoms with E-state index >= 15 is 0 Å². The van der Waals surface area contributed by atoms with Crippen molar-refractivity contribution in [1.29, 1.82) is 0 Å². The Bertz CT molecular complexity index is 462. The van der Waals surface area contributed by atoms with Crippen LogP contribution in [-0.4, -0.2) is 11.5 Å². The number of rotatable bonds is 3. The van der Waals surface area contributed by atoms with Gasteiger partial charge in [-0.2, -0.15) is 0 Å². The summed E-state index contributed by atoms with van der Waals surface area (Å²) in [6, 6.07) is 5.86. The van der Waals surface area contributed by atoms with Gasteiger partial charge in [0, 0.05) is 5.56 Å². The molecular weight excluding hydrogens is 257 g/mol. The molecule has 104 valence electrons. The maximum atomic E-state index is 12.3. The standard InChI is InChI=1S/C14H15F3O2/c15-14(16,17)19-12-4-2-1-3-11(12)13(18)10-6-8-5-9(8)7-10/h1-4,8-10,13,18H,5-7H2. The Morgan fingerprint density at radius 3 is 2.37 bits per heavy atom. The van der Waals surface area contributed by atoms with Crippen molar-refractivity contribution in [1.82, 2.24) is 0 Å². The Morgan fingerprint density at radius 1 is 1.11 bits per heavy atom. The number of hydrogen-bond acceptors (Lipinski definition) is 2. The molecule has 5 heteroatoms. The zero-order valence-electron chi connectivity index (χ0n) is 10.2. The summed E-state index contributed by atoms with van der Waals surface area (Å²) in [4.78, 5) is 0. The maximum Gasteiger partial charge on any atom is 0.573 e. The Hall–Kier alpha value is -1.23. The molecule has 19 heavy (non-hydrogen) atoms. The predicted octanol–water partition coefficient (Wildman–Crippen LogP) is 3.66. The quantitative estimate of drug-likeness (QED) is 0.909. The van der Waals surface area contributed by atoms with E-state index < -0.39 is 12.5 Å². The van der Waals surface area contributed by atoms with E-state index in [-0.39, 0.29) is 17.2 Å². The van der Waals surface area contributed by atoms with Crippen molar-refractivity contribution >= 4 is 0 Å². The molecule has 1 aromatic rings. The Morgan fingerprint density at radius 2 is 1.74 bits per heavy atom. The average molecular weight is 272 g/mol. The first kappa shape index (κ1) is 12.8. The van der Waals surface area contributed by atoms with Gasteiger partial charge < -0.3 is 9.84 Å². The third-order valence-corrected chi connectivity index (χ3v) is 4.19. The molecule has 0 aliphatic heterocycles. The molecule has 0 heterocycles. The Labute approximate surface area is 109 Å². The van der Waals surface area contributed by atoms with E-state index in [0.717, 1.165) is 12.8 Å². The normalized spacial score (nSPS) is 30.8. The van der Waals surface area contributed by atoms with Gasteiger partial charge >= 0.3 is 6.36 Å². The van der Waals surface area contributed by atoms with Crippen molar-refractivity contribution < 1.29 is 23.0 Å². The smallest absolute Gasteiger partial charge is 0.405 e. The van der Waals surface area contributed by atoms with Crippen LogP contribution in [0, 0.1) is 17.8 Å². The summed E-state index contributed by atoms with van der Waals surface area (Å²) >= 11 is 0. The van der Waals surface area contributed by atoms with E-state index in [2.05, 4.69) is 4.74 Å². The van der Waals surface area contributed by atoms with E-state index in [0.29, 0.717) is 11.8 Å². The molecule has 2 saturated carbocycles. The van der Waals surface area contributed by atoms with Crippen molar-refractivity contribution in [2.75, 3.05) is 0 Å². The number of benzene rings is 1. The van der Waals surface area contributed by atoms with Crippen LogP contribution >= 0.6 is 0 Å². The SMILES string of the molecule is OC(c1ccccc1OC(F)(F)F)C1CC2CC2C1. The molecule has 0 spiro atoms. The van der Waals surface area contributed by atoms with Gasteiger partial charge in [-0.3, -0.25) is 0 Å². The van der Waals surface area contributed by atoms with Crippen LogP contribution in [0.25, 0.3) is 0 Å². The number of hydrogen-bond donors (Lipinski definition) is 1. The predicted molar refractivity (Wildman–Crippen MR) is 62.4 cm³/mol. The van der Waals surface area contributed by atoms with Crippen molar-refractivity contribution in [2.45, 2.75) is 31.7 Å². The minimum atomic E-state index is -4.73. The second kappa shape index (κ2) is 4.40. The lowest BCUT2D eigenvalue weighted by atomic mass is 9.91. The highest BCUT2D eigenvalue weighted by Gasteiger charge is 2.48. The number of ether oxygens (including phenoxy) is 1. The zero-order valence-corrected chi connectivity index (χ0v) is 10.2. The van der Waals surface area contributed by atoms with Gasteiger partial charge in [0.15, 0.2) is 0 Å². The fourth-order valence-electron chi connectivity index (χ4n) is 3.22. The first-order valence-electron chi connectivity index (χ1n) is 6.47. The van der Waals surface area contributed by atoms with Crippen LogP contribution in [0.1, 0.15) is 30.9 Å². The largest absolute Gasteiger partial charge is 0.573 e. The molecular formula is C14H15F3O2. The number of alkyl halides is 3. The zero-order chi connectivity index (χ0) is 13.6. The molecule has 3 atom stereocenters. The van der Waals surface area contributed by atoms with Crippen molar-refractivity contribution in [3.8, 4) is 5.75 Å². The van der Waals surface area contributed by atoms with E-state index in [9.17, 15) is 18.3 Å². The highest BCUT2D eigenvalue weighted by molar-refractivity contribution is 5.36. The molecule has 2 aliphatic carbocycles. The van der Waals surface area contributed by atoms with Gasteiger partial charge in [0.2, 0.25) is 0 Å². The number of aliphatic hydroxyl groups is 1. The molecule has 2 fully saturated rings. The van der Waals surface area contributed by atoms with Gasteiger partial charge in [0.25, 0.3) is 0 Å². The summed E-state index contributed by atoms with van der Waals surface area (Å²) in [5, 5.41) is 10.3. The van der Waals surface area contributed by atoms with Crippen molar-refractivity contribution in [3.05, 3.63) is 29.8 Å². The van der Waals surface area contributed by atoms with E-state index in [1.807, 2.05) is 0 Å². The Kier molecular flexibility index (Phi) is 2.96. The molecule has 0 saturated heterocycles. The lowest BCUT2D eigenvalue weighted by Gasteiger charge is -2.22. The van der Waals surface area contributed by atoms with Crippen LogP contribution in [0.15, 0.2) is 24.3 Å². The van der Waals surface area contributed by atoms with Crippen LogP contribution in [0.5, 0.6) is 5.75 Å². The fourth-order valence-corrected chi connectivity index (χ4v) is 3.22. The lowest BCUT2D eigenvalue weighted by Crippen LogP contribution is -2.20. The summed E-state index contributed by atoms with van der Waals surface area (Å²) in [6.07, 6.45) is -2.57. The second-order valence-corrected chi connectivity index (χ2v) is 5.52. The minimum Gasteiger partial charge on any atom is -0.405 e. The highest BCUT2D eigenvalue weighted by Crippen LogP contribution is 2.57. The first-order chi connectivity index (χ1) is 8.94. The van der Waals surface area contributed by atoms with E-state index in [1.165, 1.54) is 24.6 Å². The van der Waals surface area contributed by atoms with Gasteiger partial charge in [0.1, 0.15) is 5.75 Å². The maximum absolute atomic E-state index is 12.3. The topological polar surface area (TPSA) is 29.5 Å². The number of para-hydroxylation sites is 1. The van der Waals surface area contributed by atoms with Crippen LogP contribution in [0.3, 0.4) is 0 Å². The van der Waals surface area contributed by atoms with Crippen LogP contribution in [-0.2, 0) is 0 Å². The number of aliphatic hydroxyl groups excluding tert-OH is 1. The summed E-state index contributed by atoms with van der Waals surface area (Å²) in [5.74, 6) is 1.12. The lowest BCUT2D eigenvalue weighted by molar-refractivity contribution is -0.275. The van der Waals surface area contributed by atoms with Gasteiger partial charge in [0.05, 0.1) is 6.10 Å². The molecule has 0 amide bonds. The van der Waals surface area contributed by atoms with E-state index in [4.69, 9.17) is 0 Å². The molecule has 3 unspecified atom stereocenters. The summed E-state index contributed by atoms with van der Waals surface area (Å²) in [6.45, 7) is 0. The van der Waals surface area contributed by atoms with Crippen molar-refractivity contribution in [3.63, 3.8) is 0 Å². The fraction of sp³-hybridized carbons (Fsp3) is 0.571. The summed E-state index contributed by atoms with van der Waals surface area (Å²) < 4.78 is 41.0. The molecule has 0 aromatic heterocycles. The van der Waals surface area contributed by atoms with Crippen LogP contribution in [0.2, 0.25) is 0 Å². The molecule has 0 bridgehead atoms. The molecule has 1 aromatic carbocycles. The minimum absolute atomic E-state index is 0.0572. The van der Waals surface area contributed by atoms with E-state index in [1.54, 1.807) is 6.07 Å². The van der Waals surface area contributed by atoms with Gasteiger partial charge in [-0.1, -0.05) is 18.2 Å². The summed E-state index contributed by atoms with van der Waals surface area (Å²) in [7, 11) is 0. The Balaban J connectivity index is 1.79. The van der Waals surface area contributed by atoms with Gasteiger partial charge in [-0.25, -0.2) is 0 Å². The first-order valence-corrected chi connectivity index (χ1v) is 6.47.